The zero-order valence-electron chi connectivity index (χ0n) is 15.2. The zero-order valence-corrected chi connectivity index (χ0v) is 16.0. The van der Waals surface area contributed by atoms with E-state index in [9.17, 15) is 4.79 Å². The van der Waals surface area contributed by atoms with Gasteiger partial charge < -0.3 is 9.64 Å². The summed E-state index contributed by atoms with van der Waals surface area (Å²) < 4.78 is 6.90. The highest BCUT2D eigenvalue weighted by Gasteiger charge is 2.19. The van der Waals surface area contributed by atoms with Gasteiger partial charge in [-0.2, -0.15) is 9.94 Å². The summed E-state index contributed by atoms with van der Waals surface area (Å²) in [6.07, 6.45) is 0.254. The molecular weight excluding hydrogens is 376 g/mol. The molecule has 0 bridgehead atoms. The molecule has 2 aromatic carbocycles. The van der Waals surface area contributed by atoms with Gasteiger partial charge in [-0.25, -0.2) is 0 Å². The first-order valence-corrected chi connectivity index (χ1v) is 9.50. The molecule has 9 heteroatoms. The van der Waals surface area contributed by atoms with E-state index in [-0.39, 0.29) is 18.1 Å². The number of aromatic nitrogens is 4. The summed E-state index contributed by atoms with van der Waals surface area (Å²) in [6, 6.07) is 18.7. The molecule has 0 radical (unpaired) electrons. The van der Waals surface area contributed by atoms with Gasteiger partial charge in [-0.05, 0) is 34.7 Å². The van der Waals surface area contributed by atoms with Gasteiger partial charge in [0.15, 0.2) is 0 Å². The molecule has 0 unspecified atom stereocenters. The molecule has 3 aromatic rings. The second kappa shape index (κ2) is 9.53. The van der Waals surface area contributed by atoms with Crippen LogP contribution in [0.25, 0.3) is 5.69 Å². The van der Waals surface area contributed by atoms with Gasteiger partial charge >= 0.3 is 0 Å². The highest BCUT2D eigenvalue weighted by Crippen LogP contribution is 2.26. The van der Waals surface area contributed by atoms with Crippen LogP contribution < -0.4 is 9.64 Å². The normalized spacial score (nSPS) is 10.3. The van der Waals surface area contributed by atoms with E-state index < -0.39 is 0 Å². The second-order valence-corrected chi connectivity index (χ2v) is 6.57. The minimum Gasteiger partial charge on any atom is -0.494 e. The number of amides is 1. The van der Waals surface area contributed by atoms with Gasteiger partial charge in [-0.1, -0.05) is 42.1 Å². The number of tetrazole rings is 1. The van der Waals surface area contributed by atoms with Crippen molar-refractivity contribution < 1.29 is 9.53 Å². The van der Waals surface area contributed by atoms with Gasteiger partial charge in [0.25, 0.3) is 0 Å². The topological polar surface area (TPSA) is 96.9 Å². The molecule has 1 heterocycles. The molecule has 1 amide bonds. The zero-order chi connectivity index (χ0) is 19.8. The number of anilines is 1. The molecule has 0 saturated carbocycles. The van der Waals surface area contributed by atoms with Crippen molar-refractivity contribution in [1.29, 1.82) is 5.26 Å². The lowest BCUT2D eigenvalue weighted by atomic mass is 10.2. The van der Waals surface area contributed by atoms with Crippen LogP contribution in [0.5, 0.6) is 5.75 Å². The number of nitriles is 1. The quantitative estimate of drug-likeness (QED) is 0.542. The van der Waals surface area contributed by atoms with Crippen LogP contribution in [0.15, 0.2) is 59.8 Å². The lowest BCUT2D eigenvalue weighted by Crippen LogP contribution is -2.33. The fourth-order valence-corrected chi connectivity index (χ4v) is 3.36. The lowest BCUT2D eigenvalue weighted by Gasteiger charge is -2.21. The summed E-state index contributed by atoms with van der Waals surface area (Å²) >= 11 is 1.23. The first kappa shape index (κ1) is 19.4. The van der Waals surface area contributed by atoms with Crippen LogP contribution in [0.4, 0.5) is 5.69 Å². The lowest BCUT2D eigenvalue weighted by molar-refractivity contribution is -0.116. The average molecular weight is 394 g/mol. The van der Waals surface area contributed by atoms with E-state index in [0.29, 0.717) is 23.1 Å². The van der Waals surface area contributed by atoms with E-state index in [1.807, 2.05) is 54.6 Å². The monoisotopic (exact) mass is 394 g/mol. The maximum absolute atomic E-state index is 12.8. The fourth-order valence-electron chi connectivity index (χ4n) is 2.60. The van der Waals surface area contributed by atoms with Gasteiger partial charge in [0.05, 0.1) is 25.4 Å². The standard InChI is InChI=1S/C19H18N6O2S/c1-27-17-11-6-5-10-16(17)25-19(21-22-23-25)28-14-18(26)24(13-7-12-20)15-8-3-2-4-9-15/h2-6,8-11H,7,13-14H2,1H3. The number of carbonyl (C=O) groups is 1. The molecule has 28 heavy (non-hydrogen) atoms. The first-order valence-electron chi connectivity index (χ1n) is 8.51. The number of para-hydroxylation sites is 3. The van der Waals surface area contributed by atoms with Gasteiger partial charge in [0.1, 0.15) is 11.4 Å². The number of ether oxygens (including phenoxy) is 1. The van der Waals surface area contributed by atoms with Crippen LogP contribution in [-0.4, -0.2) is 45.5 Å². The van der Waals surface area contributed by atoms with Gasteiger partial charge in [-0.15, -0.1) is 5.10 Å². The summed E-state index contributed by atoms with van der Waals surface area (Å²) in [4.78, 5) is 14.4. The number of nitrogens with zero attached hydrogens (tertiary/aromatic N) is 6. The SMILES string of the molecule is COc1ccccc1-n1nnnc1SCC(=O)N(CCC#N)c1ccccc1. The van der Waals surface area contributed by atoms with Gasteiger partial charge in [0, 0.05) is 12.2 Å². The number of carbonyl (C=O) groups excluding carboxylic acids is 1. The van der Waals surface area contributed by atoms with Crippen molar-refractivity contribution in [3.8, 4) is 17.5 Å². The molecule has 0 N–H and O–H groups in total. The summed E-state index contributed by atoms with van der Waals surface area (Å²) in [7, 11) is 1.58. The number of rotatable bonds is 8. The number of hydrogen-bond donors (Lipinski definition) is 0. The van der Waals surface area contributed by atoms with Crippen molar-refractivity contribution in [3.63, 3.8) is 0 Å². The molecule has 0 spiro atoms. The number of benzene rings is 2. The Morgan fingerprint density at radius 2 is 1.96 bits per heavy atom. The van der Waals surface area contributed by atoms with Crippen LogP contribution in [0, 0.1) is 11.3 Å². The third kappa shape index (κ3) is 4.47. The molecule has 1 aromatic heterocycles. The first-order chi connectivity index (χ1) is 13.7. The molecule has 142 valence electrons. The Kier molecular flexibility index (Phi) is 6.59. The summed E-state index contributed by atoms with van der Waals surface area (Å²) in [5.41, 5.74) is 1.45. The Labute approximate surface area is 166 Å². The largest absolute Gasteiger partial charge is 0.494 e. The van der Waals surface area contributed by atoms with E-state index in [2.05, 4.69) is 21.6 Å². The third-order valence-electron chi connectivity index (χ3n) is 3.90. The fraction of sp³-hybridized carbons (Fsp3) is 0.211. The van der Waals surface area contributed by atoms with Crippen molar-refractivity contribution in [2.75, 3.05) is 24.3 Å². The molecule has 0 fully saturated rings. The van der Waals surface area contributed by atoms with E-state index in [0.717, 1.165) is 5.69 Å². The second-order valence-electron chi connectivity index (χ2n) is 5.62. The van der Waals surface area contributed by atoms with Crippen LogP contribution in [0.2, 0.25) is 0 Å². The van der Waals surface area contributed by atoms with Crippen molar-refractivity contribution >= 4 is 23.4 Å². The molecule has 8 nitrogen and oxygen atoms in total. The number of thioether (sulfide) groups is 1. The highest BCUT2D eigenvalue weighted by molar-refractivity contribution is 7.99. The van der Waals surface area contributed by atoms with Crippen molar-refractivity contribution in [1.82, 2.24) is 20.2 Å². The van der Waals surface area contributed by atoms with Crippen molar-refractivity contribution in [3.05, 3.63) is 54.6 Å². The summed E-state index contributed by atoms with van der Waals surface area (Å²) in [5.74, 6) is 0.638. The Hall–Kier alpha value is -3.38. The molecule has 0 atom stereocenters. The molecule has 0 aliphatic rings. The van der Waals surface area contributed by atoms with Gasteiger partial charge in [0.2, 0.25) is 11.1 Å². The van der Waals surface area contributed by atoms with Crippen LogP contribution in [0.3, 0.4) is 0 Å². The predicted octanol–water partition coefficient (Wildman–Crippen LogP) is 2.71. The maximum Gasteiger partial charge on any atom is 0.237 e. The number of hydrogen-bond acceptors (Lipinski definition) is 7. The molecule has 0 aliphatic heterocycles. The Balaban J connectivity index is 1.76. The smallest absolute Gasteiger partial charge is 0.237 e. The predicted molar refractivity (Wildman–Crippen MR) is 105 cm³/mol. The van der Waals surface area contributed by atoms with Gasteiger partial charge in [-0.3, -0.25) is 4.79 Å². The minimum absolute atomic E-state index is 0.124. The van der Waals surface area contributed by atoms with Crippen molar-refractivity contribution in [2.45, 2.75) is 11.6 Å². The van der Waals surface area contributed by atoms with E-state index in [1.54, 1.807) is 16.7 Å². The summed E-state index contributed by atoms with van der Waals surface area (Å²) in [6.45, 7) is 0.331. The average Bonchev–Trinajstić information content (AvgIpc) is 3.21. The van der Waals surface area contributed by atoms with Crippen LogP contribution >= 0.6 is 11.8 Å². The third-order valence-corrected chi connectivity index (χ3v) is 4.80. The molecule has 0 aliphatic carbocycles. The van der Waals surface area contributed by atoms with Crippen LogP contribution in [0.1, 0.15) is 6.42 Å². The molecule has 0 saturated heterocycles. The molecule has 3 rings (SSSR count). The summed E-state index contributed by atoms with van der Waals surface area (Å²) in [5, 5.41) is 21.1. The van der Waals surface area contributed by atoms with E-state index in [4.69, 9.17) is 10.00 Å². The Morgan fingerprint density at radius 3 is 2.71 bits per heavy atom. The van der Waals surface area contributed by atoms with Crippen LogP contribution in [-0.2, 0) is 4.79 Å². The molecular formula is C19H18N6O2S. The highest BCUT2D eigenvalue weighted by atomic mass is 32.2. The van der Waals surface area contributed by atoms with E-state index in [1.165, 1.54) is 11.8 Å². The Bertz CT molecular complexity index is 970. The van der Waals surface area contributed by atoms with Crippen molar-refractivity contribution in [2.24, 2.45) is 0 Å². The minimum atomic E-state index is -0.124. The maximum atomic E-state index is 12.8. The van der Waals surface area contributed by atoms with E-state index >= 15 is 0 Å². The Morgan fingerprint density at radius 1 is 1.21 bits per heavy atom. The number of methoxy groups -OCH3 is 1.